The van der Waals surface area contributed by atoms with Crippen LogP contribution in [0.4, 0.5) is 5.82 Å². The predicted molar refractivity (Wildman–Crippen MR) is 226 cm³/mol. The Hall–Kier alpha value is -4.78. The van der Waals surface area contributed by atoms with E-state index in [1.807, 2.05) is 27.7 Å². The van der Waals surface area contributed by atoms with Crippen molar-refractivity contribution in [3.05, 3.63) is 16.3 Å². The number of rotatable bonds is 29. The van der Waals surface area contributed by atoms with Crippen LogP contribution in [0.1, 0.15) is 105 Å². The van der Waals surface area contributed by atoms with E-state index < -0.39 is 18.0 Å². The molecule has 60 heavy (non-hydrogen) atoms. The van der Waals surface area contributed by atoms with Gasteiger partial charge in [0.25, 0.3) is 5.88 Å². The van der Waals surface area contributed by atoms with Gasteiger partial charge in [-0.05, 0) is 76.7 Å². The summed E-state index contributed by atoms with van der Waals surface area (Å²) in [6, 6.07) is -1.68. The van der Waals surface area contributed by atoms with Crippen molar-refractivity contribution in [1.29, 1.82) is 0 Å². The van der Waals surface area contributed by atoms with E-state index in [0.29, 0.717) is 69.9 Å². The molecule has 20 nitrogen and oxygen atoms in total. The molecule has 2 heterocycles. The van der Waals surface area contributed by atoms with Crippen LogP contribution in [0.3, 0.4) is 0 Å². The number of ether oxygens (including phenoxy) is 4. The van der Waals surface area contributed by atoms with Gasteiger partial charge in [-0.3, -0.25) is 19.2 Å². The van der Waals surface area contributed by atoms with E-state index in [1.54, 1.807) is 6.92 Å². The van der Waals surface area contributed by atoms with Gasteiger partial charge in [0, 0.05) is 49.9 Å². The number of hydrogen-bond donors (Lipinski definition) is 5. The molecular weight excluding hydrogens is 777 g/mol. The van der Waals surface area contributed by atoms with Crippen molar-refractivity contribution >= 4 is 40.5 Å². The van der Waals surface area contributed by atoms with Gasteiger partial charge in [0.15, 0.2) is 5.82 Å². The van der Waals surface area contributed by atoms with E-state index in [1.165, 1.54) is 0 Å². The Morgan fingerprint density at radius 2 is 1.55 bits per heavy atom. The molecule has 0 spiro atoms. The predicted octanol–water partition coefficient (Wildman–Crippen LogP) is 3.51. The smallest absolute Gasteiger partial charge is 0.260 e. The van der Waals surface area contributed by atoms with E-state index in [4.69, 9.17) is 35.2 Å². The Morgan fingerprint density at radius 1 is 0.883 bits per heavy atom. The van der Waals surface area contributed by atoms with Gasteiger partial charge in [-0.15, -0.1) is 10.2 Å². The number of azide groups is 1. The summed E-state index contributed by atoms with van der Waals surface area (Å²) in [6.45, 7) is 14.8. The summed E-state index contributed by atoms with van der Waals surface area (Å²) in [6.07, 6.45) is 6.61. The summed E-state index contributed by atoms with van der Waals surface area (Å²) in [5.74, 6) is 0.488. The number of unbranched alkanes of at least 4 members (excludes halogenated alkanes) is 1. The highest BCUT2D eigenvalue weighted by Crippen LogP contribution is 2.33. The third-order valence-electron chi connectivity index (χ3n) is 10.0. The van der Waals surface area contributed by atoms with Crippen LogP contribution in [0.15, 0.2) is 5.11 Å². The summed E-state index contributed by atoms with van der Waals surface area (Å²) < 4.78 is 24.3. The second-order valence-corrected chi connectivity index (χ2v) is 15.7. The second-order valence-electron chi connectivity index (χ2n) is 15.7. The van der Waals surface area contributed by atoms with Crippen LogP contribution in [0.5, 0.6) is 5.88 Å². The minimum Gasteiger partial charge on any atom is -0.472 e. The van der Waals surface area contributed by atoms with Crippen LogP contribution in [-0.4, -0.2) is 120 Å². The molecule has 1 aliphatic carbocycles. The number of imidazole rings is 1. The molecule has 1 saturated carbocycles. The zero-order valence-electron chi connectivity index (χ0n) is 36.4. The minimum absolute atomic E-state index is 0.0289. The molecule has 4 amide bonds. The van der Waals surface area contributed by atoms with Crippen LogP contribution >= 0.6 is 0 Å². The molecule has 336 valence electrons. The summed E-state index contributed by atoms with van der Waals surface area (Å²) in [7, 11) is 0. The quantitative estimate of drug-likeness (QED) is 0.0341. The molecule has 1 fully saturated rings. The number of aromatic nitrogens is 4. The number of carbonyl (C=O) groups is 4. The first-order chi connectivity index (χ1) is 28.8. The molecule has 0 radical (unpaired) electrons. The first-order valence-corrected chi connectivity index (χ1v) is 21.4. The van der Waals surface area contributed by atoms with Crippen LogP contribution in [0.2, 0.25) is 0 Å². The Bertz CT molecular complexity index is 1690. The lowest BCUT2D eigenvalue weighted by Crippen LogP contribution is -2.55. The van der Waals surface area contributed by atoms with Gasteiger partial charge < -0.3 is 50.5 Å². The molecule has 2 aromatic rings. The number of carbonyl (C=O) groups excluding carboxylic acids is 4. The van der Waals surface area contributed by atoms with Crippen molar-refractivity contribution in [3.63, 3.8) is 0 Å². The summed E-state index contributed by atoms with van der Waals surface area (Å²) in [5.41, 5.74) is 15.8. The maximum atomic E-state index is 13.3. The zero-order chi connectivity index (χ0) is 43.9. The molecule has 0 bridgehead atoms. The maximum Gasteiger partial charge on any atom is 0.260 e. The third-order valence-corrected chi connectivity index (χ3v) is 10.0. The molecule has 0 aliphatic heterocycles. The molecule has 1 aliphatic rings. The first kappa shape index (κ1) is 49.6. The normalized spacial score (nSPS) is 16.3. The number of hydrogen-bond acceptors (Lipinski definition) is 13. The topological polar surface area (TPSA) is 272 Å². The maximum absolute atomic E-state index is 13.3. The second kappa shape index (κ2) is 27.1. The standard InChI is InChI=1S/C40H68N12O8/c1-7-8-10-31-47-35-36(40(60-27(4)5)50-49-37(35)41)52(31)25-29-13-15-30(16-14-29)46-38(55)28(6)45-39(56)34(26(2)3)48-33(54)12-9-11-32(53)43-17-19-57-21-23-59-24-22-58-20-18-44-51-42/h26-30,34H,7-25H2,1-6H3,(H2,41,49)(H,43,53)(H,45,56)(H,46,55)(H,48,54)/t28-,29?,30?,34-/m0/s1. The van der Waals surface area contributed by atoms with Gasteiger partial charge in [0.05, 0.1) is 45.7 Å². The monoisotopic (exact) mass is 845 g/mol. The lowest BCUT2D eigenvalue weighted by atomic mass is 9.85. The van der Waals surface area contributed by atoms with E-state index in [9.17, 15) is 19.2 Å². The molecule has 6 N–H and O–H groups in total. The van der Waals surface area contributed by atoms with Crippen LogP contribution in [-0.2, 0) is 46.4 Å². The fraction of sp³-hybridized carbons (Fsp3) is 0.775. The van der Waals surface area contributed by atoms with Crippen molar-refractivity contribution in [3.8, 4) is 5.88 Å². The number of aryl methyl sites for hydroxylation is 1. The minimum atomic E-state index is -0.843. The highest BCUT2D eigenvalue weighted by molar-refractivity contribution is 5.92. The molecule has 3 rings (SSSR count). The highest BCUT2D eigenvalue weighted by atomic mass is 16.5. The molecule has 0 aromatic carbocycles. The van der Waals surface area contributed by atoms with Crippen molar-refractivity contribution in [2.75, 3.05) is 58.5 Å². The number of nitrogens with one attached hydrogen (secondary N) is 4. The van der Waals surface area contributed by atoms with Crippen molar-refractivity contribution < 1.29 is 38.1 Å². The average Bonchev–Trinajstić information content (AvgIpc) is 3.57. The summed E-state index contributed by atoms with van der Waals surface area (Å²) >= 11 is 0. The van der Waals surface area contributed by atoms with E-state index in [-0.39, 0.29) is 61.0 Å². The Balaban J connectivity index is 1.36. The Labute approximate surface area is 353 Å². The number of nitrogen functional groups attached to an aromatic ring is 1. The van der Waals surface area contributed by atoms with Gasteiger partial charge >= 0.3 is 0 Å². The lowest BCUT2D eigenvalue weighted by molar-refractivity contribution is -0.133. The Morgan fingerprint density at radius 3 is 2.20 bits per heavy atom. The fourth-order valence-corrected chi connectivity index (χ4v) is 6.79. The molecule has 2 aromatic heterocycles. The van der Waals surface area contributed by atoms with Crippen molar-refractivity contribution in [1.82, 2.24) is 41.0 Å². The number of amides is 4. The number of nitrogens with zero attached hydrogens (tertiary/aromatic N) is 7. The van der Waals surface area contributed by atoms with Crippen LogP contribution in [0, 0.1) is 11.8 Å². The van der Waals surface area contributed by atoms with Gasteiger partial charge in [-0.25, -0.2) is 4.98 Å². The molecular formula is C40H68N12O8. The lowest BCUT2D eigenvalue weighted by Gasteiger charge is -2.31. The van der Waals surface area contributed by atoms with E-state index in [2.05, 4.69) is 53.0 Å². The first-order valence-electron chi connectivity index (χ1n) is 21.4. The van der Waals surface area contributed by atoms with Gasteiger partial charge in [-0.1, -0.05) is 32.3 Å². The number of nitrogens with two attached hydrogens (primary N) is 1. The van der Waals surface area contributed by atoms with Gasteiger partial charge in [-0.2, -0.15) is 0 Å². The summed E-state index contributed by atoms with van der Waals surface area (Å²) in [4.78, 5) is 59.0. The molecule has 20 heteroatoms. The van der Waals surface area contributed by atoms with E-state index in [0.717, 1.165) is 62.8 Å². The average molecular weight is 845 g/mol. The molecule has 0 unspecified atom stereocenters. The fourth-order valence-electron chi connectivity index (χ4n) is 6.79. The highest BCUT2D eigenvalue weighted by Gasteiger charge is 2.30. The van der Waals surface area contributed by atoms with Crippen LogP contribution < -0.4 is 31.7 Å². The number of anilines is 1. The Kier molecular flexibility index (Phi) is 22.4. The van der Waals surface area contributed by atoms with Gasteiger partial charge in [0.1, 0.15) is 28.9 Å². The van der Waals surface area contributed by atoms with Crippen molar-refractivity contribution in [2.24, 2.45) is 17.0 Å². The molecule has 0 saturated heterocycles. The van der Waals surface area contributed by atoms with Crippen LogP contribution in [0.25, 0.3) is 21.5 Å². The molecule has 2 atom stereocenters. The zero-order valence-corrected chi connectivity index (χ0v) is 36.4. The SMILES string of the molecule is CCCCc1nc2c(N)nnc(OC(C)C)c2n1CC1CCC(NC(=O)[C@H](C)NC(=O)[C@@H](NC(=O)CCCC(=O)NCCOCCOCCOCCN=[N+]=[N-])C(C)C)CC1. The van der Waals surface area contributed by atoms with E-state index >= 15 is 0 Å². The summed E-state index contributed by atoms with van der Waals surface area (Å²) in [5, 5.41) is 23.2. The van der Waals surface area contributed by atoms with Gasteiger partial charge in [0.2, 0.25) is 23.6 Å². The van der Waals surface area contributed by atoms with Crippen molar-refractivity contribution in [2.45, 2.75) is 137 Å². The number of fused-ring (bicyclic) bond motifs is 1. The third kappa shape index (κ3) is 17.4. The largest absolute Gasteiger partial charge is 0.472 e.